The van der Waals surface area contributed by atoms with E-state index >= 15 is 0 Å². The number of nitrogens with two attached hydrogens (primary N) is 1. The summed E-state index contributed by atoms with van der Waals surface area (Å²) in [5.74, 6) is -0.753. The number of alkyl halides is 3. The summed E-state index contributed by atoms with van der Waals surface area (Å²) >= 11 is 0. The van der Waals surface area contributed by atoms with Crippen LogP contribution in [-0.2, 0) is 16.2 Å². The predicted molar refractivity (Wildman–Crippen MR) is 111 cm³/mol. The highest BCUT2D eigenvalue weighted by atomic mass is 32.2. The fourth-order valence-corrected chi connectivity index (χ4v) is 3.99. The average Bonchev–Trinajstić information content (AvgIpc) is 2.73. The van der Waals surface area contributed by atoms with Crippen LogP contribution in [0.4, 0.5) is 13.2 Å². The second-order valence-corrected chi connectivity index (χ2v) is 8.29. The van der Waals surface area contributed by atoms with Gasteiger partial charge < -0.3 is 10.5 Å². The number of halogens is 3. The first-order valence-corrected chi connectivity index (χ1v) is 10.8. The van der Waals surface area contributed by atoms with E-state index in [0.717, 1.165) is 12.1 Å². The van der Waals surface area contributed by atoms with Gasteiger partial charge in [0.15, 0.2) is 0 Å². The zero-order chi connectivity index (χ0) is 23.5. The molecule has 0 spiro atoms. The number of hydrogen-bond donors (Lipinski definition) is 2. The maximum atomic E-state index is 13.1. The number of nitrogens with one attached hydrogen (secondary N) is 1. The van der Waals surface area contributed by atoms with Crippen LogP contribution in [0.2, 0.25) is 0 Å². The van der Waals surface area contributed by atoms with Gasteiger partial charge in [-0.2, -0.15) is 13.2 Å². The Morgan fingerprint density at radius 1 is 1.09 bits per heavy atom. The van der Waals surface area contributed by atoms with E-state index < -0.39 is 32.6 Å². The van der Waals surface area contributed by atoms with Crippen molar-refractivity contribution >= 4 is 15.9 Å². The standard InChI is InChI=1S/C21H18F3N3O4S/c1-2-26-32(29,30)19-12-14(21(22,23)24)8-11-18(19)31-15-9-6-13(7-10-15)16-4-3-5-17(27-16)20(25)28/h3-12,26H,2H2,1H3,(H2,25,28). The molecule has 3 N–H and O–H groups in total. The van der Waals surface area contributed by atoms with E-state index in [1.54, 1.807) is 24.3 Å². The number of rotatable bonds is 7. The van der Waals surface area contributed by atoms with Gasteiger partial charge in [-0.3, -0.25) is 4.79 Å². The smallest absolute Gasteiger partial charge is 0.416 e. The number of benzene rings is 2. The molecule has 0 aliphatic carbocycles. The summed E-state index contributed by atoms with van der Waals surface area (Å²) in [7, 11) is -4.24. The van der Waals surface area contributed by atoms with Gasteiger partial charge in [0.1, 0.15) is 22.1 Å². The molecule has 3 aromatic rings. The molecule has 32 heavy (non-hydrogen) atoms. The Bertz CT molecular complexity index is 1240. The number of hydrogen-bond acceptors (Lipinski definition) is 5. The molecule has 0 saturated heterocycles. The molecule has 11 heteroatoms. The van der Waals surface area contributed by atoms with Crippen molar-refractivity contribution in [2.75, 3.05) is 6.54 Å². The van der Waals surface area contributed by atoms with Gasteiger partial charge in [0, 0.05) is 12.1 Å². The van der Waals surface area contributed by atoms with Crippen molar-refractivity contribution in [3.8, 4) is 22.8 Å². The molecule has 1 amide bonds. The van der Waals surface area contributed by atoms with Gasteiger partial charge in [-0.25, -0.2) is 18.1 Å². The number of sulfonamides is 1. The number of ether oxygens (including phenoxy) is 1. The molecule has 0 aliphatic heterocycles. The third-order valence-corrected chi connectivity index (χ3v) is 5.84. The number of carbonyl (C=O) groups is 1. The molecule has 1 aromatic heterocycles. The summed E-state index contributed by atoms with van der Waals surface area (Å²) in [5.41, 5.74) is 5.30. The topological polar surface area (TPSA) is 111 Å². The molecule has 0 bridgehead atoms. The normalized spacial score (nSPS) is 11.9. The van der Waals surface area contributed by atoms with Gasteiger partial charge in [0.25, 0.3) is 5.91 Å². The van der Waals surface area contributed by atoms with E-state index in [9.17, 15) is 26.4 Å². The predicted octanol–water partition coefficient (Wildman–Crippen LogP) is 3.96. The highest BCUT2D eigenvalue weighted by Gasteiger charge is 2.33. The average molecular weight is 465 g/mol. The van der Waals surface area contributed by atoms with Crippen LogP contribution < -0.4 is 15.2 Å². The highest BCUT2D eigenvalue weighted by Crippen LogP contribution is 2.36. The molecule has 3 rings (SSSR count). The number of nitrogens with zero attached hydrogens (tertiary/aromatic N) is 1. The van der Waals surface area contributed by atoms with Crippen LogP contribution in [0, 0.1) is 0 Å². The lowest BCUT2D eigenvalue weighted by Crippen LogP contribution is -2.24. The van der Waals surface area contributed by atoms with E-state index in [2.05, 4.69) is 9.71 Å². The van der Waals surface area contributed by atoms with Crippen molar-refractivity contribution < 1.29 is 31.1 Å². The second-order valence-electron chi connectivity index (χ2n) is 6.56. The lowest BCUT2D eigenvalue weighted by atomic mass is 10.1. The van der Waals surface area contributed by atoms with E-state index in [4.69, 9.17) is 10.5 Å². The Morgan fingerprint density at radius 2 is 1.78 bits per heavy atom. The highest BCUT2D eigenvalue weighted by molar-refractivity contribution is 7.89. The van der Waals surface area contributed by atoms with Crippen LogP contribution in [0.3, 0.4) is 0 Å². The molecular formula is C21H18F3N3O4S. The molecule has 0 unspecified atom stereocenters. The van der Waals surface area contributed by atoms with Gasteiger partial charge in [0.2, 0.25) is 10.0 Å². The van der Waals surface area contributed by atoms with Gasteiger partial charge in [0.05, 0.1) is 11.3 Å². The lowest BCUT2D eigenvalue weighted by Gasteiger charge is -2.15. The number of amides is 1. The monoisotopic (exact) mass is 465 g/mol. The Balaban J connectivity index is 1.95. The minimum atomic E-state index is -4.72. The molecule has 0 radical (unpaired) electrons. The first-order valence-electron chi connectivity index (χ1n) is 9.27. The zero-order valence-electron chi connectivity index (χ0n) is 16.7. The molecule has 168 valence electrons. The molecule has 2 aromatic carbocycles. The van der Waals surface area contributed by atoms with E-state index in [0.29, 0.717) is 17.3 Å². The van der Waals surface area contributed by atoms with Gasteiger partial charge in [-0.15, -0.1) is 0 Å². The lowest BCUT2D eigenvalue weighted by molar-refractivity contribution is -0.137. The van der Waals surface area contributed by atoms with Crippen molar-refractivity contribution in [1.82, 2.24) is 9.71 Å². The Kier molecular flexibility index (Phi) is 6.51. The van der Waals surface area contributed by atoms with Crippen LogP contribution in [0.1, 0.15) is 23.0 Å². The molecule has 1 heterocycles. The molecule has 0 fully saturated rings. The van der Waals surface area contributed by atoms with Crippen molar-refractivity contribution in [1.29, 1.82) is 0 Å². The van der Waals surface area contributed by atoms with Gasteiger partial charge in [-0.05, 0) is 54.6 Å². The number of aromatic nitrogens is 1. The van der Waals surface area contributed by atoms with Crippen LogP contribution in [0.25, 0.3) is 11.3 Å². The maximum Gasteiger partial charge on any atom is 0.416 e. The van der Waals surface area contributed by atoms with Crippen LogP contribution in [-0.4, -0.2) is 25.9 Å². The largest absolute Gasteiger partial charge is 0.456 e. The molecule has 7 nitrogen and oxygen atoms in total. The molecule has 0 aliphatic rings. The fraction of sp³-hybridized carbons (Fsp3) is 0.143. The Hall–Kier alpha value is -3.44. The minimum Gasteiger partial charge on any atom is -0.456 e. The number of primary amides is 1. The van der Waals surface area contributed by atoms with Crippen molar-refractivity contribution in [3.63, 3.8) is 0 Å². The Labute approximate surface area is 182 Å². The van der Waals surface area contributed by atoms with Gasteiger partial charge >= 0.3 is 6.18 Å². The summed E-state index contributed by atoms with van der Waals surface area (Å²) in [6, 6.07) is 13.2. The van der Waals surface area contributed by atoms with Crippen molar-refractivity contribution in [2.45, 2.75) is 18.0 Å². The summed E-state index contributed by atoms with van der Waals surface area (Å²) in [6.07, 6.45) is -4.72. The number of carbonyl (C=O) groups excluding carboxylic acids is 1. The summed E-state index contributed by atoms with van der Waals surface area (Å²) in [6.45, 7) is 1.50. The first kappa shape index (κ1) is 23.2. The summed E-state index contributed by atoms with van der Waals surface area (Å²) in [4.78, 5) is 14.8. The summed E-state index contributed by atoms with van der Waals surface area (Å²) in [5, 5.41) is 0. The van der Waals surface area contributed by atoms with Crippen LogP contribution in [0.15, 0.2) is 65.6 Å². The second kappa shape index (κ2) is 8.97. The third-order valence-electron chi connectivity index (χ3n) is 4.27. The molecule has 0 saturated carbocycles. The fourth-order valence-electron chi connectivity index (χ4n) is 2.80. The van der Waals surface area contributed by atoms with Crippen LogP contribution in [0.5, 0.6) is 11.5 Å². The molecule has 0 atom stereocenters. The quantitative estimate of drug-likeness (QED) is 0.549. The maximum absolute atomic E-state index is 13.1. The minimum absolute atomic E-state index is 0.00984. The van der Waals surface area contributed by atoms with E-state index in [1.807, 2.05) is 0 Å². The van der Waals surface area contributed by atoms with Gasteiger partial charge in [-0.1, -0.05) is 13.0 Å². The Morgan fingerprint density at radius 3 is 2.38 bits per heavy atom. The summed E-state index contributed by atoms with van der Waals surface area (Å²) < 4.78 is 71.9. The molecular weight excluding hydrogens is 447 g/mol. The van der Waals surface area contributed by atoms with Crippen LogP contribution >= 0.6 is 0 Å². The van der Waals surface area contributed by atoms with E-state index in [1.165, 1.54) is 25.1 Å². The third kappa shape index (κ3) is 5.24. The number of pyridine rings is 1. The first-order chi connectivity index (χ1) is 15.0. The van der Waals surface area contributed by atoms with Crippen molar-refractivity contribution in [3.05, 3.63) is 71.9 Å². The van der Waals surface area contributed by atoms with E-state index in [-0.39, 0.29) is 23.7 Å². The zero-order valence-corrected chi connectivity index (χ0v) is 17.5. The SMILES string of the molecule is CCNS(=O)(=O)c1cc(C(F)(F)F)ccc1Oc1ccc(-c2cccc(C(N)=O)n2)cc1. The van der Waals surface area contributed by atoms with Crippen molar-refractivity contribution in [2.24, 2.45) is 5.73 Å².